The van der Waals surface area contributed by atoms with Crippen molar-refractivity contribution in [3.05, 3.63) is 167 Å². The minimum Gasteiger partial charge on any atom is -0.363 e. The molecule has 42 heavy (non-hydrogen) atoms. The Morgan fingerprint density at radius 2 is 1.14 bits per heavy atom. The van der Waals surface area contributed by atoms with Crippen molar-refractivity contribution in [1.82, 2.24) is 0 Å². The number of nitrogens with zero attached hydrogens (tertiary/aromatic N) is 1. The molecule has 198 valence electrons. The van der Waals surface area contributed by atoms with Crippen LogP contribution in [0.4, 0.5) is 5.69 Å². The van der Waals surface area contributed by atoms with E-state index in [2.05, 4.69) is 158 Å². The van der Waals surface area contributed by atoms with E-state index in [-0.39, 0.29) is 12.0 Å². The summed E-state index contributed by atoms with van der Waals surface area (Å²) in [6.45, 7) is 0. The molecular formula is C41H29N. The Morgan fingerprint density at radius 3 is 1.88 bits per heavy atom. The minimum atomic E-state index is 0.160. The van der Waals surface area contributed by atoms with Gasteiger partial charge in [0.05, 0.1) is 6.04 Å². The summed E-state index contributed by atoms with van der Waals surface area (Å²) < 4.78 is 0. The molecule has 1 heterocycles. The quantitative estimate of drug-likeness (QED) is 0.213. The molecule has 1 nitrogen and oxygen atoms in total. The summed E-state index contributed by atoms with van der Waals surface area (Å²) in [6.07, 6.45) is 2.49. The Bertz CT molecular complexity index is 2240. The lowest BCUT2D eigenvalue weighted by Gasteiger charge is -2.42. The Labute approximate surface area is 246 Å². The van der Waals surface area contributed by atoms with Crippen LogP contribution in [-0.2, 0) is 0 Å². The van der Waals surface area contributed by atoms with Gasteiger partial charge in [0.15, 0.2) is 0 Å². The lowest BCUT2D eigenvalue weighted by Crippen LogP contribution is -2.32. The molecule has 0 saturated carbocycles. The number of rotatable bonds is 2. The average Bonchev–Trinajstić information content (AvgIpc) is 3.43. The molecule has 0 spiro atoms. The Kier molecular flexibility index (Phi) is 5.01. The van der Waals surface area contributed by atoms with Crippen molar-refractivity contribution in [3.8, 4) is 11.1 Å². The van der Waals surface area contributed by atoms with Crippen LogP contribution in [0.5, 0.6) is 0 Å². The highest BCUT2D eigenvalue weighted by molar-refractivity contribution is 5.94. The second-order valence-corrected chi connectivity index (χ2v) is 11.8. The molecule has 0 radical (unpaired) electrons. The van der Waals surface area contributed by atoms with Crippen molar-refractivity contribution in [2.24, 2.45) is 0 Å². The highest BCUT2D eigenvalue weighted by atomic mass is 15.2. The van der Waals surface area contributed by atoms with Crippen LogP contribution in [0.3, 0.4) is 0 Å². The highest BCUT2D eigenvalue weighted by Crippen LogP contribution is 2.57. The largest absolute Gasteiger partial charge is 0.363 e. The van der Waals surface area contributed by atoms with Crippen molar-refractivity contribution < 1.29 is 0 Å². The van der Waals surface area contributed by atoms with Gasteiger partial charge in [0.2, 0.25) is 0 Å². The van der Waals surface area contributed by atoms with E-state index < -0.39 is 0 Å². The first kappa shape index (κ1) is 23.6. The summed E-state index contributed by atoms with van der Waals surface area (Å²) in [4.78, 5) is 2.53. The predicted octanol–water partition coefficient (Wildman–Crippen LogP) is 10.5. The second-order valence-electron chi connectivity index (χ2n) is 11.8. The molecule has 0 fully saturated rings. The van der Waals surface area contributed by atoms with Gasteiger partial charge in [-0.1, -0.05) is 127 Å². The second kappa shape index (κ2) is 8.93. The number of anilines is 1. The fraction of sp³-hybridized carbons (Fsp3) is 0.0732. The molecule has 1 heteroatoms. The zero-order valence-electron chi connectivity index (χ0n) is 23.5. The summed E-state index contributed by atoms with van der Waals surface area (Å²) in [6, 6.07) is 52.0. The predicted molar refractivity (Wildman–Crippen MR) is 178 cm³/mol. The molecule has 0 amide bonds. The van der Waals surface area contributed by atoms with Crippen LogP contribution in [0, 0.1) is 0 Å². The Balaban J connectivity index is 1.29. The number of likely N-dealkylation sites (N-methyl/N-ethyl adjacent to an activating group) is 1. The van der Waals surface area contributed by atoms with Crippen LogP contribution < -0.4 is 4.90 Å². The number of fused-ring (bicyclic) bond motifs is 7. The molecular weight excluding hydrogens is 506 g/mol. The highest BCUT2D eigenvalue weighted by Gasteiger charge is 2.42. The fourth-order valence-corrected chi connectivity index (χ4v) is 7.57. The summed E-state index contributed by atoms with van der Waals surface area (Å²) in [5, 5.41) is 7.71. The van der Waals surface area contributed by atoms with Gasteiger partial charge in [-0.05, 0) is 89.5 Å². The molecule has 9 rings (SSSR count). The zero-order valence-corrected chi connectivity index (χ0v) is 23.5. The van der Waals surface area contributed by atoms with E-state index in [4.69, 9.17) is 0 Å². The van der Waals surface area contributed by atoms with Crippen LogP contribution in [-0.4, -0.2) is 7.05 Å². The summed E-state index contributed by atoms with van der Waals surface area (Å²) >= 11 is 0. The van der Waals surface area contributed by atoms with Crippen LogP contribution in [0.1, 0.15) is 34.2 Å². The van der Waals surface area contributed by atoms with Crippen molar-refractivity contribution >= 4 is 44.1 Å². The first-order valence-corrected chi connectivity index (χ1v) is 14.8. The normalized spacial score (nSPS) is 17.3. The molecule has 2 aliphatic rings. The summed E-state index contributed by atoms with van der Waals surface area (Å²) in [5.74, 6) is 0.173. The van der Waals surface area contributed by atoms with Crippen LogP contribution in [0.2, 0.25) is 0 Å². The first-order chi connectivity index (χ1) is 20.7. The molecule has 7 aromatic carbocycles. The van der Waals surface area contributed by atoms with Gasteiger partial charge in [0.25, 0.3) is 0 Å². The molecule has 0 aromatic heterocycles. The third kappa shape index (κ3) is 3.44. The van der Waals surface area contributed by atoms with E-state index in [1.54, 1.807) is 0 Å². The van der Waals surface area contributed by atoms with E-state index in [1.165, 1.54) is 77.0 Å². The third-order valence-electron chi connectivity index (χ3n) is 9.53. The van der Waals surface area contributed by atoms with Crippen molar-refractivity contribution in [1.29, 1.82) is 0 Å². The molecule has 2 unspecified atom stereocenters. The molecule has 7 aromatic rings. The van der Waals surface area contributed by atoms with Crippen molar-refractivity contribution in [2.75, 3.05) is 11.9 Å². The van der Waals surface area contributed by atoms with E-state index >= 15 is 0 Å². The van der Waals surface area contributed by atoms with Gasteiger partial charge in [-0.25, -0.2) is 0 Å². The Morgan fingerprint density at radius 1 is 0.524 bits per heavy atom. The van der Waals surface area contributed by atoms with E-state index in [0.29, 0.717) is 0 Å². The SMILES string of the molecule is CN1c2cc3ccccc3cc2C(c2ccc3ccccc3c2)C2=Cc3cccc(-c4ccc5ccccc5c4)c3C21. The smallest absolute Gasteiger partial charge is 0.0777 e. The maximum absolute atomic E-state index is 2.53. The van der Waals surface area contributed by atoms with Gasteiger partial charge in [-0.15, -0.1) is 0 Å². The minimum absolute atomic E-state index is 0.160. The van der Waals surface area contributed by atoms with Gasteiger partial charge in [0.1, 0.15) is 0 Å². The Hall–Kier alpha value is -5.14. The van der Waals surface area contributed by atoms with Crippen molar-refractivity contribution in [2.45, 2.75) is 12.0 Å². The van der Waals surface area contributed by atoms with Crippen LogP contribution in [0.25, 0.3) is 49.5 Å². The van der Waals surface area contributed by atoms with Gasteiger partial charge >= 0.3 is 0 Å². The van der Waals surface area contributed by atoms with Crippen LogP contribution in [0.15, 0.2) is 145 Å². The lowest BCUT2D eigenvalue weighted by atomic mass is 9.76. The maximum Gasteiger partial charge on any atom is 0.0777 e. The monoisotopic (exact) mass is 535 g/mol. The number of hydrogen-bond donors (Lipinski definition) is 0. The number of hydrogen-bond acceptors (Lipinski definition) is 1. The topological polar surface area (TPSA) is 3.24 Å². The van der Waals surface area contributed by atoms with Gasteiger partial charge < -0.3 is 4.90 Å². The molecule has 1 aliphatic heterocycles. The first-order valence-electron chi connectivity index (χ1n) is 14.8. The molecule has 2 atom stereocenters. The molecule has 0 N–H and O–H groups in total. The fourth-order valence-electron chi connectivity index (χ4n) is 7.57. The molecule has 1 aliphatic carbocycles. The number of benzene rings is 7. The van der Waals surface area contributed by atoms with Gasteiger partial charge in [-0.2, -0.15) is 0 Å². The lowest BCUT2D eigenvalue weighted by molar-refractivity contribution is 0.692. The van der Waals surface area contributed by atoms with E-state index in [1.807, 2.05) is 0 Å². The van der Waals surface area contributed by atoms with Crippen LogP contribution >= 0.6 is 0 Å². The average molecular weight is 536 g/mol. The maximum atomic E-state index is 2.53. The van der Waals surface area contributed by atoms with E-state index in [0.717, 1.165) is 0 Å². The third-order valence-corrected chi connectivity index (χ3v) is 9.53. The summed E-state index contributed by atoms with van der Waals surface area (Å²) in [7, 11) is 2.29. The summed E-state index contributed by atoms with van der Waals surface area (Å²) in [5.41, 5.74) is 10.9. The van der Waals surface area contributed by atoms with Gasteiger partial charge in [-0.3, -0.25) is 0 Å². The molecule has 0 bridgehead atoms. The van der Waals surface area contributed by atoms with Gasteiger partial charge in [0, 0.05) is 18.7 Å². The standard InChI is InChI=1S/C41H29N/c1-42-38-25-31-14-7-6-13-30(31)23-36(38)39(34-20-18-27-10-3-5-12-29(27)22-34)37-24-33-15-8-16-35(40(33)41(37)42)32-19-17-26-9-2-4-11-28(26)21-32/h2-25,39,41H,1H3. The van der Waals surface area contributed by atoms with E-state index in [9.17, 15) is 0 Å². The molecule has 0 saturated heterocycles. The zero-order chi connectivity index (χ0) is 27.8. The van der Waals surface area contributed by atoms with Crippen molar-refractivity contribution in [3.63, 3.8) is 0 Å².